The monoisotopic (exact) mass is 511 g/mol. The summed E-state index contributed by atoms with van der Waals surface area (Å²) in [6, 6.07) is 22.2. The van der Waals surface area contributed by atoms with Crippen molar-refractivity contribution in [3.05, 3.63) is 94.9 Å². The summed E-state index contributed by atoms with van der Waals surface area (Å²) in [5.74, 6) is 1.21. The molecule has 0 saturated carbocycles. The van der Waals surface area contributed by atoms with E-state index in [1.165, 1.54) is 18.9 Å². The van der Waals surface area contributed by atoms with Crippen LogP contribution in [0.15, 0.2) is 76.2 Å². The number of methoxy groups -OCH3 is 1. The van der Waals surface area contributed by atoms with Crippen LogP contribution in [-0.2, 0) is 11.2 Å². The van der Waals surface area contributed by atoms with Crippen LogP contribution in [0.25, 0.3) is 11.3 Å². The minimum Gasteiger partial charge on any atom is -0.495 e. The van der Waals surface area contributed by atoms with Crippen molar-refractivity contribution in [3.63, 3.8) is 0 Å². The second kappa shape index (κ2) is 11.6. The van der Waals surface area contributed by atoms with Gasteiger partial charge >= 0.3 is 0 Å². The third-order valence-electron chi connectivity index (χ3n) is 5.64. The van der Waals surface area contributed by atoms with Gasteiger partial charge in [0.2, 0.25) is 0 Å². The average molecular weight is 512 g/mol. The topological polar surface area (TPSA) is 105 Å². The van der Waals surface area contributed by atoms with E-state index in [0.29, 0.717) is 45.7 Å². The first-order valence-corrected chi connectivity index (χ1v) is 12.5. The number of benzene rings is 2. The van der Waals surface area contributed by atoms with Crippen LogP contribution in [0.4, 0.5) is 5.69 Å². The van der Waals surface area contributed by atoms with Gasteiger partial charge in [-0.05, 0) is 43.7 Å². The molecule has 0 spiro atoms. The van der Waals surface area contributed by atoms with Crippen LogP contribution < -0.4 is 10.1 Å². The van der Waals surface area contributed by atoms with Crippen LogP contribution >= 0.6 is 11.8 Å². The van der Waals surface area contributed by atoms with E-state index in [1.807, 2.05) is 30.3 Å². The summed E-state index contributed by atoms with van der Waals surface area (Å²) >= 11 is 1.18. The second-order valence-corrected chi connectivity index (χ2v) is 9.26. The Morgan fingerprint density at radius 2 is 1.78 bits per heavy atom. The van der Waals surface area contributed by atoms with E-state index >= 15 is 0 Å². The van der Waals surface area contributed by atoms with Crippen LogP contribution in [0.2, 0.25) is 0 Å². The number of aromatic nitrogens is 1. The number of nitrogens with one attached hydrogen (secondary N) is 1. The van der Waals surface area contributed by atoms with E-state index in [1.54, 1.807) is 50.2 Å². The molecule has 1 N–H and O–H groups in total. The normalized spacial score (nSPS) is 10.5. The van der Waals surface area contributed by atoms with Gasteiger partial charge < -0.3 is 14.5 Å². The number of ether oxygens (including phenoxy) is 1. The lowest BCUT2D eigenvalue weighted by molar-refractivity contribution is -0.116. The number of amides is 1. The molecule has 0 radical (unpaired) electrons. The molecule has 2 aromatic heterocycles. The second-order valence-electron chi connectivity index (χ2n) is 8.29. The number of carbonyl (C=O) groups is 2. The van der Waals surface area contributed by atoms with Crippen LogP contribution in [0.5, 0.6) is 5.75 Å². The number of para-hydroxylation sites is 2. The molecule has 0 saturated heterocycles. The van der Waals surface area contributed by atoms with Crippen molar-refractivity contribution in [2.75, 3.05) is 18.2 Å². The molecular weight excluding hydrogens is 486 g/mol. The van der Waals surface area contributed by atoms with Crippen molar-refractivity contribution in [3.8, 4) is 23.1 Å². The van der Waals surface area contributed by atoms with Gasteiger partial charge in [0.25, 0.3) is 5.91 Å². The third-order valence-corrected chi connectivity index (χ3v) is 6.67. The fourth-order valence-corrected chi connectivity index (χ4v) is 4.83. The molecule has 4 rings (SSSR count). The summed E-state index contributed by atoms with van der Waals surface area (Å²) in [7, 11) is 1.52. The Balaban J connectivity index is 1.71. The smallest absolute Gasteiger partial charge is 0.258 e. The molecule has 186 valence electrons. The highest BCUT2D eigenvalue weighted by molar-refractivity contribution is 8.00. The fraction of sp³-hybridized carbons (Fsp3) is 0.172. The predicted octanol–water partition coefficient (Wildman–Crippen LogP) is 5.99. The van der Waals surface area contributed by atoms with Crippen molar-refractivity contribution in [1.82, 2.24) is 4.98 Å². The molecule has 0 aliphatic heterocycles. The molecule has 1 amide bonds. The molecular formula is C29H25N3O4S. The average Bonchev–Trinajstić information content (AvgIpc) is 3.33. The molecule has 4 aromatic rings. The number of thioether (sulfide) groups is 1. The predicted molar refractivity (Wildman–Crippen MR) is 143 cm³/mol. The van der Waals surface area contributed by atoms with Gasteiger partial charge in [0.15, 0.2) is 0 Å². The van der Waals surface area contributed by atoms with E-state index in [4.69, 9.17) is 9.15 Å². The maximum atomic E-state index is 13.5. The maximum Gasteiger partial charge on any atom is 0.258 e. The van der Waals surface area contributed by atoms with Gasteiger partial charge in [0.05, 0.1) is 40.9 Å². The van der Waals surface area contributed by atoms with E-state index in [0.717, 1.165) is 5.56 Å². The highest BCUT2D eigenvalue weighted by Gasteiger charge is 2.27. The lowest BCUT2D eigenvalue weighted by Crippen LogP contribution is -2.18. The lowest BCUT2D eigenvalue weighted by Gasteiger charge is -2.16. The Bertz CT molecular complexity index is 1490. The van der Waals surface area contributed by atoms with Gasteiger partial charge in [-0.1, -0.05) is 54.2 Å². The fourth-order valence-electron chi connectivity index (χ4n) is 3.93. The van der Waals surface area contributed by atoms with E-state index < -0.39 is 5.91 Å². The van der Waals surface area contributed by atoms with E-state index in [-0.39, 0.29) is 22.7 Å². The quantitative estimate of drug-likeness (QED) is 0.275. The molecule has 2 heterocycles. The zero-order valence-corrected chi connectivity index (χ0v) is 21.5. The summed E-state index contributed by atoms with van der Waals surface area (Å²) in [5, 5.41) is 13.4. The number of ketones is 1. The Kier molecular flexibility index (Phi) is 8.06. The summed E-state index contributed by atoms with van der Waals surface area (Å²) in [6.07, 6.45) is 0.290. The van der Waals surface area contributed by atoms with Gasteiger partial charge in [0.1, 0.15) is 34.1 Å². The number of Topliss-reactive ketones (excluding diaryl/α,β-unsaturated/α-hetero) is 1. The largest absolute Gasteiger partial charge is 0.495 e. The third kappa shape index (κ3) is 5.90. The molecule has 0 aliphatic rings. The number of nitriles is 1. The molecule has 0 unspecified atom stereocenters. The van der Waals surface area contributed by atoms with Crippen LogP contribution in [-0.4, -0.2) is 29.5 Å². The minimum atomic E-state index is -0.452. The van der Waals surface area contributed by atoms with Gasteiger partial charge in [-0.2, -0.15) is 5.26 Å². The number of anilines is 1. The molecule has 0 fully saturated rings. The standard InChI is InChI=1S/C29H25N3O4S/c1-18-13-14-25(36-18)27-22(16-30)29(37-17-21(33)15-20-9-5-4-6-10-20)31-19(2)26(27)28(34)32-23-11-7-8-12-24(23)35-3/h4-14H,15,17H2,1-3H3,(H,32,34). The number of carbonyl (C=O) groups excluding carboxylic acids is 2. The van der Waals surface area contributed by atoms with Gasteiger partial charge in [-0.15, -0.1) is 0 Å². The van der Waals surface area contributed by atoms with Crippen LogP contribution in [0.3, 0.4) is 0 Å². The SMILES string of the molecule is COc1ccccc1NC(=O)c1c(C)nc(SCC(=O)Cc2ccccc2)c(C#N)c1-c1ccc(C)o1. The Morgan fingerprint density at radius 3 is 2.46 bits per heavy atom. The molecule has 37 heavy (non-hydrogen) atoms. The summed E-state index contributed by atoms with van der Waals surface area (Å²) in [6.45, 7) is 3.49. The highest BCUT2D eigenvalue weighted by atomic mass is 32.2. The molecule has 0 atom stereocenters. The first kappa shape index (κ1) is 25.7. The van der Waals surface area contributed by atoms with E-state index in [2.05, 4.69) is 16.4 Å². The summed E-state index contributed by atoms with van der Waals surface area (Å²) in [5.41, 5.74) is 2.56. The van der Waals surface area contributed by atoms with E-state index in [9.17, 15) is 14.9 Å². The summed E-state index contributed by atoms with van der Waals surface area (Å²) in [4.78, 5) is 30.8. The van der Waals surface area contributed by atoms with Crippen molar-refractivity contribution in [2.24, 2.45) is 0 Å². The lowest BCUT2D eigenvalue weighted by atomic mass is 9.99. The van der Waals surface area contributed by atoms with Crippen LogP contribution in [0, 0.1) is 25.2 Å². The van der Waals surface area contributed by atoms with Gasteiger partial charge in [-0.25, -0.2) is 4.98 Å². The number of rotatable bonds is 9. The maximum absolute atomic E-state index is 13.5. The first-order chi connectivity index (χ1) is 17.9. The molecule has 0 aliphatic carbocycles. The number of nitrogens with zero attached hydrogens (tertiary/aromatic N) is 2. The number of furan rings is 1. The molecule has 0 bridgehead atoms. The number of pyridine rings is 1. The Hall–Kier alpha value is -4.35. The van der Waals surface area contributed by atoms with Gasteiger partial charge in [0, 0.05) is 6.42 Å². The van der Waals surface area contributed by atoms with Crippen LogP contribution in [0.1, 0.15) is 32.9 Å². The van der Waals surface area contributed by atoms with Crippen molar-refractivity contribution in [2.45, 2.75) is 25.3 Å². The Morgan fingerprint density at radius 1 is 1.05 bits per heavy atom. The highest BCUT2D eigenvalue weighted by Crippen LogP contribution is 2.36. The number of hydrogen-bond acceptors (Lipinski definition) is 7. The molecule has 8 heteroatoms. The zero-order valence-electron chi connectivity index (χ0n) is 20.7. The number of hydrogen-bond donors (Lipinski definition) is 1. The van der Waals surface area contributed by atoms with Gasteiger partial charge in [-0.3, -0.25) is 9.59 Å². The summed E-state index contributed by atoms with van der Waals surface area (Å²) < 4.78 is 11.2. The minimum absolute atomic E-state index is 0.00734. The number of aryl methyl sites for hydroxylation is 2. The van der Waals surface area contributed by atoms with Crippen molar-refractivity contribution in [1.29, 1.82) is 5.26 Å². The van der Waals surface area contributed by atoms with Crippen molar-refractivity contribution >= 4 is 29.1 Å². The zero-order chi connectivity index (χ0) is 26.4. The first-order valence-electron chi connectivity index (χ1n) is 11.6. The Labute approximate surface area is 219 Å². The van der Waals surface area contributed by atoms with Crippen molar-refractivity contribution < 1.29 is 18.7 Å². The molecule has 7 nitrogen and oxygen atoms in total. The molecule has 2 aromatic carbocycles.